The first-order valence-corrected chi connectivity index (χ1v) is 11.7. The quantitative estimate of drug-likeness (QED) is 0.279. The summed E-state index contributed by atoms with van der Waals surface area (Å²) in [5.74, 6) is 1.10. The molecule has 1 N–H and O–H groups in total. The molecule has 0 bridgehead atoms. The summed E-state index contributed by atoms with van der Waals surface area (Å²) in [6.07, 6.45) is 1.78. The number of anilines is 1. The minimum absolute atomic E-state index is 0.190. The highest BCUT2D eigenvalue weighted by atomic mass is 32.1. The number of hydrogen-bond donors (Lipinski definition) is 1. The standard InChI is InChI=1S/C28H25N3O3S/c1-17-14-18(2)16-21(15-17)31-26(25(30-28(31)35)22-6-4-5-13-29-22)24-12-11-23(34-24)19-7-9-20(10-8-19)27(32)33-3/h4-16,25-26H,1-3H3,(H,30,35)/t25-,26+/m1/s1. The third-order valence-electron chi connectivity index (χ3n) is 6.09. The number of carbonyl (C=O) groups is 1. The van der Waals surface area contributed by atoms with E-state index in [1.165, 1.54) is 7.11 Å². The summed E-state index contributed by atoms with van der Waals surface area (Å²) >= 11 is 5.82. The molecule has 1 aliphatic rings. The van der Waals surface area contributed by atoms with Crippen molar-refractivity contribution in [2.75, 3.05) is 12.0 Å². The minimum atomic E-state index is -0.371. The van der Waals surface area contributed by atoms with Gasteiger partial charge in [-0.15, -0.1) is 0 Å². The Hall–Kier alpha value is -3.97. The molecule has 2 aromatic carbocycles. The molecular formula is C28H25N3O3S. The zero-order valence-electron chi connectivity index (χ0n) is 19.7. The maximum Gasteiger partial charge on any atom is 0.337 e. The van der Waals surface area contributed by atoms with Crippen LogP contribution in [-0.2, 0) is 4.74 Å². The second-order valence-electron chi connectivity index (χ2n) is 8.61. The SMILES string of the molecule is COC(=O)c1ccc(-c2ccc([C@H]3[C@@H](c4ccccn4)NC(=S)N3c3cc(C)cc(C)c3)o2)cc1. The van der Waals surface area contributed by atoms with Crippen LogP contribution in [0.2, 0.25) is 0 Å². The van der Waals surface area contributed by atoms with Crippen molar-refractivity contribution in [3.63, 3.8) is 0 Å². The van der Waals surface area contributed by atoms with Crippen LogP contribution in [-0.4, -0.2) is 23.2 Å². The number of nitrogens with zero attached hydrogens (tertiary/aromatic N) is 2. The van der Waals surface area contributed by atoms with E-state index >= 15 is 0 Å². The largest absolute Gasteiger partial charge is 0.465 e. The molecule has 1 fully saturated rings. The van der Waals surface area contributed by atoms with Gasteiger partial charge in [0.1, 0.15) is 17.6 Å². The lowest BCUT2D eigenvalue weighted by atomic mass is 10.0. The molecule has 2 atom stereocenters. The summed E-state index contributed by atoms with van der Waals surface area (Å²) in [5.41, 5.74) is 5.56. The van der Waals surface area contributed by atoms with E-state index in [1.54, 1.807) is 18.3 Å². The van der Waals surface area contributed by atoms with Gasteiger partial charge in [-0.05, 0) is 85.7 Å². The van der Waals surface area contributed by atoms with Crippen molar-refractivity contribution in [3.8, 4) is 11.3 Å². The van der Waals surface area contributed by atoms with Crippen LogP contribution in [0.1, 0.15) is 45.0 Å². The number of methoxy groups -OCH3 is 1. The third kappa shape index (κ3) is 4.42. The lowest BCUT2D eigenvalue weighted by Crippen LogP contribution is -2.29. The molecule has 35 heavy (non-hydrogen) atoms. The van der Waals surface area contributed by atoms with E-state index in [0.717, 1.165) is 33.8 Å². The summed E-state index contributed by atoms with van der Waals surface area (Å²) < 4.78 is 11.2. The average Bonchev–Trinajstić information content (AvgIpc) is 3.48. The molecule has 176 valence electrons. The third-order valence-corrected chi connectivity index (χ3v) is 6.41. The number of benzene rings is 2. The van der Waals surface area contributed by atoms with E-state index in [0.29, 0.717) is 16.4 Å². The van der Waals surface area contributed by atoms with Gasteiger partial charge in [-0.3, -0.25) is 4.98 Å². The predicted molar refractivity (Wildman–Crippen MR) is 139 cm³/mol. The highest BCUT2D eigenvalue weighted by Gasteiger charge is 2.42. The smallest absolute Gasteiger partial charge is 0.337 e. The molecule has 0 radical (unpaired) electrons. The number of thiocarbonyl (C=S) groups is 1. The molecule has 5 rings (SSSR count). The molecule has 2 aromatic heterocycles. The lowest BCUT2D eigenvalue weighted by Gasteiger charge is -2.26. The van der Waals surface area contributed by atoms with Crippen LogP contribution in [0, 0.1) is 13.8 Å². The Morgan fingerprint density at radius 2 is 1.77 bits per heavy atom. The van der Waals surface area contributed by atoms with Crippen molar-refractivity contribution < 1.29 is 13.9 Å². The van der Waals surface area contributed by atoms with E-state index < -0.39 is 0 Å². The van der Waals surface area contributed by atoms with Crippen molar-refractivity contribution in [1.82, 2.24) is 10.3 Å². The zero-order chi connectivity index (χ0) is 24.5. The first kappa shape index (κ1) is 22.8. The molecule has 1 saturated heterocycles. The van der Waals surface area contributed by atoms with Crippen molar-refractivity contribution in [2.45, 2.75) is 25.9 Å². The number of rotatable bonds is 5. The minimum Gasteiger partial charge on any atom is -0.465 e. The fourth-order valence-corrected chi connectivity index (χ4v) is 4.91. The van der Waals surface area contributed by atoms with Crippen LogP contribution >= 0.6 is 12.2 Å². The molecule has 0 spiro atoms. The number of esters is 1. The molecular weight excluding hydrogens is 458 g/mol. The van der Waals surface area contributed by atoms with Crippen LogP contribution in [0.25, 0.3) is 11.3 Å². The number of aryl methyl sites for hydroxylation is 2. The van der Waals surface area contributed by atoms with Gasteiger partial charge in [-0.1, -0.05) is 24.3 Å². The molecule has 0 saturated carbocycles. The Kier molecular flexibility index (Phi) is 6.09. The lowest BCUT2D eigenvalue weighted by molar-refractivity contribution is 0.0600. The van der Waals surface area contributed by atoms with Gasteiger partial charge in [0.15, 0.2) is 5.11 Å². The monoisotopic (exact) mass is 483 g/mol. The van der Waals surface area contributed by atoms with Crippen LogP contribution < -0.4 is 10.2 Å². The van der Waals surface area contributed by atoms with Crippen molar-refractivity contribution in [3.05, 3.63) is 107 Å². The molecule has 4 aromatic rings. The van der Waals surface area contributed by atoms with Gasteiger partial charge in [0, 0.05) is 17.4 Å². The highest BCUT2D eigenvalue weighted by Crippen LogP contribution is 2.43. The Morgan fingerprint density at radius 1 is 1.03 bits per heavy atom. The molecule has 0 unspecified atom stereocenters. The van der Waals surface area contributed by atoms with Crippen LogP contribution in [0.5, 0.6) is 0 Å². The van der Waals surface area contributed by atoms with Crippen molar-refractivity contribution >= 4 is 29.0 Å². The second kappa shape index (κ2) is 9.35. The maximum absolute atomic E-state index is 11.8. The van der Waals surface area contributed by atoms with E-state index in [-0.39, 0.29) is 18.1 Å². The number of carbonyl (C=O) groups excluding carboxylic acids is 1. The van der Waals surface area contributed by atoms with Crippen molar-refractivity contribution in [2.24, 2.45) is 0 Å². The predicted octanol–water partition coefficient (Wildman–Crippen LogP) is 5.92. The first-order chi connectivity index (χ1) is 16.9. The van der Waals surface area contributed by atoms with E-state index in [1.807, 2.05) is 42.5 Å². The van der Waals surface area contributed by atoms with Gasteiger partial charge in [0.2, 0.25) is 0 Å². The van der Waals surface area contributed by atoms with Crippen molar-refractivity contribution in [1.29, 1.82) is 0 Å². The van der Waals surface area contributed by atoms with Crippen LogP contribution in [0.4, 0.5) is 5.69 Å². The molecule has 6 nitrogen and oxygen atoms in total. The van der Waals surface area contributed by atoms with E-state index in [2.05, 4.69) is 47.2 Å². The highest BCUT2D eigenvalue weighted by molar-refractivity contribution is 7.80. The Morgan fingerprint density at radius 3 is 2.43 bits per heavy atom. The van der Waals surface area contributed by atoms with Gasteiger partial charge < -0.3 is 19.4 Å². The van der Waals surface area contributed by atoms with Crippen LogP contribution in [0.15, 0.2) is 83.4 Å². The van der Waals surface area contributed by atoms with Gasteiger partial charge in [0.05, 0.1) is 24.4 Å². The number of pyridine rings is 1. The number of hydrogen-bond acceptors (Lipinski definition) is 5. The normalized spacial score (nSPS) is 17.3. The Labute approximate surface area is 209 Å². The van der Waals surface area contributed by atoms with Gasteiger partial charge >= 0.3 is 5.97 Å². The summed E-state index contributed by atoms with van der Waals surface area (Å²) in [4.78, 5) is 18.5. The summed E-state index contributed by atoms with van der Waals surface area (Å²) in [5, 5.41) is 4.09. The topological polar surface area (TPSA) is 67.6 Å². The number of nitrogens with one attached hydrogen (secondary N) is 1. The van der Waals surface area contributed by atoms with E-state index in [9.17, 15) is 4.79 Å². The van der Waals surface area contributed by atoms with Gasteiger partial charge in [-0.25, -0.2) is 4.79 Å². The molecule has 0 aliphatic carbocycles. The van der Waals surface area contributed by atoms with Gasteiger partial charge in [-0.2, -0.15) is 0 Å². The molecule has 1 aliphatic heterocycles. The number of furan rings is 1. The van der Waals surface area contributed by atoms with E-state index in [4.69, 9.17) is 21.4 Å². The van der Waals surface area contributed by atoms with Crippen LogP contribution in [0.3, 0.4) is 0 Å². The molecule has 7 heteroatoms. The second-order valence-corrected chi connectivity index (χ2v) is 9.00. The number of ether oxygens (including phenoxy) is 1. The summed E-state index contributed by atoms with van der Waals surface area (Å²) in [6, 6.07) is 22.9. The fraction of sp³-hybridized carbons (Fsp3) is 0.179. The Bertz CT molecular complexity index is 1360. The maximum atomic E-state index is 11.8. The number of aromatic nitrogens is 1. The molecule has 0 amide bonds. The summed E-state index contributed by atoms with van der Waals surface area (Å²) in [7, 11) is 1.37. The van der Waals surface area contributed by atoms with Gasteiger partial charge in [0.25, 0.3) is 0 Å². The first-order valence-electron chi connectivity index (χ1n) is 11.3. The molecule has 3 heterocycles. The zero-order valence-corrected chi connectivity index (χ0v) is 20.5. The average molecular weight is 484 g/mol. The Balaban J connectivity index is 1.56. The summed E-state index contributed by atoms with van der Waals surface area (Å²) in [6.45, 7) is 4.16. The fourth-order valence-electron chi connectivity index (χ4n) is 4.57.